The highest BCUT2D eigenvalue weighted by atomic mass is 79.9. The lowest BCUT2D eigenvalue weighted by Gasteiger charge is -2.03. The number of carboxylic acids is 1. The zero-order chi connectivity index (χ0) is 15.4. The van der Waals surface area contributed by atoms with Crippen molar-refractivity contribution in [2.75, 3.05) is 0 Å². The average molecular weight is 352 g/mol. The molecule has 0 spiro atoms. The third-order valence-electron chi connectivity index (χ3n) is 2.94. The van der Waals surface area contributed by atoms with Crippen LogP contribution < -0.4 is 5.32 Å². The van der Waals surface area contributed by atoms with Crippen LogP contribution in [-0.4, -0.2) is 17.0 Å². The molecule has 1 aromatic heterocycles. The van der Waals surface area contributed by atoms with Crippen LogP contribution in [-0.2, 0) is 17.8 Å². The number of aryl methyl sites for hydroxylation is 1. The molecular formula is C15H14BrNO4. The molecule has 0 atom stereocenters. The zero-order valence-electron chi connectivity index (χ0n) is 11.4. The van der Waals surface area contributed by atoms with Crippen molar-refractivity contribution in [3.05, 3.63) is 57.5 Å². The molecule has 21 heavy (non-hydrogen) atoms. The average Bonchev–Trinajstić information content (AvgIpc) is 2.81. The van der Waals surface area contributed by atoms with Gasteiger partial charge in [0.25, 0.3) is 0 Å². The Morgan fingerprint density at radius 1 is 1.29 bits per heavy atom. The Morgan fingerprint density at radius 2 is 1.95 bits per heavy atom. The highest BCUT2D eigenvalue weighted by molar-refractivity contribution is 9.10. The number of furan rings is 1. The minimum atomic E-state index is -1.04. The number of carbonyl (C=O) groups excluding carboxylic acids is 1. The van der Waals surface area contributed by atoms with Gasteiger partial charge in [0.2, 0.25) is 5.91 Å². The maximum atomic E-state index is 11.8. The molecule has 5 nitrogen and oxygen atoms in total. The van der Waals surface area contributed by atoms with Gasteiger partial charge in [-0.1, -0.05) is 28.1 Å². The first-order valence-electron chi connectivity index (χ1n) is 6.29. The van der Waals surface area contributed by atoms with Crippen molar-refractivity contribution in [2.24, 2.45) is 0 Å². The van der Waals surface area contributed by atoms with Crippen LogP contribution in [0.25, 0.3) is 0 Å². The SMILES string of the molecule is Cc1oc(CNC(=O)Cc2ccc(Br)cc2)cc1C(=O)O. The van der Waals surface area contributed by atoms with Crippen LogP contribution in [0.4, 0.5) is 0 Å². The van der Waals surface area contributed by atoms with Gasteiger partial charge in [-0.05, 0) is 30.7 Å². The molecule has 0 radical (unpaired) electrons. The number of hydrogen-bond donors (Lipinski definition) is 2. The van der Waals surface area contributed by atoms with Crippen molar-refractivity contribution in [1.29, 1.82) is 0 Å². The van der Waals surface area contributed by atoms with Gasteiger partial charge < -0.3 is 14.8 Å². The normalized spacial score (nSPS) is 10.4. The molecular weight excluding hydrogens is 338 g/mol. The lowest BCUT2D eigenvalue weighted by Crippen LogP contribution is -2.24. The molecule has 1 aromatic carbocycles. The van der Waals surface area contributed by atoms with Gasteiger partial charge >= 0.3 is 5.97 Å². The van der Waals surface area contributed by atoms with Gasteiger partial charge in [-0.2, -0.15) is 0 Å². The topological polar surface area (TPSA) is 79.5 Å². The van der Waals surface area contributed by atoms with E-state index < -0.39 is 5.97 Å². The third-order valence-corrected chi connectivity index (χ3v) is 3.47. The molecule has 2 rings (SSSR count). The number of aromatic carboxylic acids is 1. The fourth-order valence-corrected chi connectivity index (χ4v) is 2.14. The summed E-state index contributed by atoms with van der Waals surface area (Å²) in [7, 11) is 0. The van der Waals surface area contributed by atoms with Gasteiger partial charge in [-0.3, -0.25) is 4.79 Å². The lowest BCUT2D eigenvalue weighted by atomic mass is 10.1. The highest BCUT2D eigenvalue weighted by Crippen LogP contribution is 2.14. The van der Waals surface area contributed by atoms with E-state index in [1.54, 1.807) is 6.92 Å². The van der Waals surface area contributed by atoms with E-state index in [4.69, 9.17) is 9.52 Å². The van der Waals surface area contributed by atoms with Gasteiger partial charge in [0, 0.05) is 4.47 Å². The zero-order valence-corrected chi connectivity index (χ0v) is 12.9. The van der Waals surface area contributed by atoms with Gasteiger partial charge in [0.1, 0.15) is 17.1 Å². The first-order valence-corrected chi connectivity index (χ1v) is 7.09. The van der Waals surface area contributed by atoms with E-state index in [-0.39, 0.29) is 24.4 Å². The molecule has 110 valence electrons. The molecule has 0 bridgehead atoms. The van der Waals surface area contributed by atoms with Gasteiger partial charge in [0.05, 0.1) is 13.0 Å². The number of carboxylic acid groups (broad SMARTS) is 1. The second-order valence-electron chi connectivity index (χ2n) is 4.57. The van der Waals surface area contributed by atoms with Crippen molar-refractivity contribution >= 4 is 27.8 Å². The van der Waals surface area contributed by atoms with E-state index in [0.29, 0.717) is 11.5 Å². The maximum Gasteiger partial charge on any atom is 0.339 e. The molecule has 2 N–H and O–H groups in total. The van der Waals surface area contributed by atoms with E-state index in [9.17, 15) is 9.59 Å². The number of carbonyl (C=O) groups is 2. The Kier molecular flexibility index (Phi) is 4.80. The van der Waals surface area contributed by atoms with Crippen LogP contribution in [0.5, 0.6) is 0 Å². The highest BCUT2D eigenvalue weighted by Gasteiger charge is 2.14. The van der Waals surface area contributed by atoms with E-state index in [0.717, 1.165) is 10.0 Å². The van der Waals surface area contributed by atoms with Crippen LogP contribution in [0.1, 0.15) is 27.4 Å². The van der Waals surface area contributed by atoms with Crippen LogP contribution in [0.15, 0.2) is 39.2 Å². The van der Waals surface area contributed by atoms with E-state index in [2.05, 4.69) is 21.2 Å². The van der Waals surface area contributed by atoms with Gasteiger partial charge in [-0.15, -0.1) is 0 Å². The molecule has 0 unspecified atom stereocenters. The van der Waals surface area contributed by atoms with Crippen molar-refractivity contribution in [3.8, 4) is 0 Å². The van der Waals surface area contributed by atoms with E-state index >= 15 is 0 Å². The number of nitrogens with one attached hydrogen (secondary N) is 1. The summed E-state index contributed by atoms with van der Waals surface area (Å²) in [5.74, 6) is -0.430. The van der Waals surface area contributed by atoms with Crippen LogP contribution >= 0.6 is 15.9 Å². The fourth-order valence-electron chi connectivity index (χ4n) is 1.88. The summed E-state index contributed by atoms with van der Waals surface area (Å²) < 4.78 is 6.25. The summed E-state index contributed by atoms with van der Waals surface area (Å²) in [6, 6.07) is 8.90. The van der Waals surface area contributed by atoms with Gasteiger partial charge in [0.15, 0.2) is 0 Å². The summed E-state index contributed by atoms with van der Waals surface area (Å²) in [6.07, 6.45) is 0.263. The van der Waals surface area contributed by atoms with Gasteiger partial charge in [-0.25, -0.2) is 4.79 Å². The number of benzene rings is 1. The minimum Gasteiger partial charge on any atom is -0.478 e. The van der Waals surface area contributed by atoms with Crippen LogP contribution in [0.2, 0.25) is 0 Å². The molecule has 2 aromatic rings. The molecule has 6 heteroatoms. The second kappa shape index (κ2) is 6.58. The van der Waals surface area contributed by atoms with E-state index in [1.807, 2.05) is 24.3 Å². The molecule has 1 heterocycles. The Labute approximate surface area is 130 Å². The Morgan fingerprint density at radius 3 is 2.52 bits per heavy atom. The number of amides is 1. The maximum absolute atomic E-state index is 11.8. The summed E-state index contributed by atoms with van der Waals surface area (Å²) in [5, 5.41) is 11.6. The molecule has 0 aliphatic heterocycles. The first kappa shape index (κ1) is 15.3. The largest absolute Gasteiger partial charge is 0.478 e. The Hall–Kier alpha value is -2.08. The first-order chi connectivity index (χ1) is 9.95. The summed E-state index contributed by atoms with van der Waals surface area (Å²) >= 11 is 3.33. The summed E-state index contributed by atoms with van der Waals surface area (Å²) in [6.45, 7) is 1.75. The molecule has 0 aliphatic rings. The predicted octanol–water partition coefficient (Wildman–Crippen LogP) is 2.91. The molecule has 0 fully saturated rings. The van der Waals surface area contributed by atoms with Crippen LogP contribution in [0, 0.1) is 6.92 Å². The van der Waals surface area contributed by atoms with Crippen molar-refractivity contribution in [2.45, 2.75) is 19.9 Å². The standard InChI is InChI=1S/C15H14BrNO4/c1-9-13(15(19)20)7-12(21-9)8-17-14(18)6-10-2-4-11(16)5-3-10/h2-5,7H,6,8H2,1H3,(H,17,18)(H,19,20). The number of rotatable bonds is 5. The summed E-state index contributed by atoms with van der Waals surface area (Å²) in [4.78, 5) is 22.7. The second-order valence-corrected chi connectivity index (χ2v) is 5.48. The lowest BCUT2D eigenvalue weighted by molar-refractivity contribution is -0.120. The quantitative estimate of drug-likeness (QED) is 0.867. The van der Waals surface area contributed by atoms with Crippen molar-refractivity contribution < 1.29 is 19.1 Å². The number of hydrogen-bond acceptors (Lipinski definition) is 3. The predicted molar refractivity (Wildman–Crippen MR) is 80.1 cm³/mol. The van der Waals surface area contributed by atoms with E-state index in [1.165, 1.54) is 6.07 Å². The number of halogens is 1. The molecule has 0 saturated carbocycles. The smallest absolute Gasteiger partial charge is 0.339 e. The Balaban J connectivity index is 1.90. The monoisotopic (exact) mass is 351 g/mol. The minimum absolute atomic E-state index is 0.118. The third kappa shape index (κ3) is 4.19. The molecule has 1 amide bonds. The summed E-state index contributed by atoms with van der Waals surface area (Å²) in [5.41, 5.74) is 1.02. The van der Waals surface area contributed by atoms with Crippen LogP contribution in [0.3, 0.4) is 0 Å². The van der Waals surface area contributed by atoms with Crippen molar-refractivity contribution in [3.63, 3.8) is 0 Å². The molecule has 0 saturated heterocycles. The molecule has 0 aliphatic carbocycles. The fraction of sp³-hybridized carbons (Fsp3) is 0.200. The van der Waals surface area contributed by atoms with Crippen molar-refractivity contribution in [1.82, 2.24) is 5.32 Å². The Bertz CT molecular complexity index is 661.